The van der Waals surface area contributed by atoms with Crippen LogP contribution >= 0.6 is 11.6 Å². The number of benzene rings is 1. The first-order chi connectivity index (χ1) is 6.59. The van der Waals surface area contributed by atoms with Crippen molar-refractivity contribution in [1.29, 1.82) is 0 Å². The molecule has 0 amide bonds. The van der Waals surface area contributed by atoms with Crippen molar-refractivity contribution in [3.05, 3.63) is 35.0 Å². The van der Waals surface area contributed by atoms with Crippen LogP contribution in [0.15, 0.2) is 24.3 Å². The minimum Gasteiger partial charge on any atom is -0.478 e. The summed E-state index contributed by atoms with van der Waals surface area (Å²) >= 11 is 5.90. The van der Waals surface area contributed by atoms with Gasteiger partial charge in [-0.3, -0.25) is 0 Å². The van der Waals surface area contributed by atoms with E-state index in [0.717, 1.165) is 10.9 Å². The van der Waals surface area contributed by atoms with Crippen LogP contribution in [-0.4, -0.2) is 15.6 Å². The second-order valence-electron chi connectivity index (χ2n) is 3.10. The Morgan fingerprint density at radius 1 is 1.43 bits per heavy atom. The van der Waals surface area contributed by atoms with Crippen LogP contribution in [-0.2, 0) is 7.05 Å². The summed E-state index contributed by atoms with van der Waals surface area (Å²) < 4.78 is 1.75. The summed E-state index contributed by atoms with van der Waals surface area (Å²) in [6.07, 6.45) is 0. The second kappa shape index (κ2) is 3.03. The van der Waals surface area contributed by atoms with Gasteiger partial charge >= 0.3 is 5.97 Å². The van der Waals surface area contributed by atoms with E-state index in [2.05, 4.69) is 0 Å². The number of hydrogen-bond acceptors (Lipinski definition) is 1. The fourth-order valence-electron chi connectivity index (χ4n) is 1.43. The first kappa shape index (κ1) is 9.09. The lowest BCUT2D eigenvalue weighted by Gasteiger charge is -1.98. The molecule has 4 heteroatoms. The van der Waals surface area contributed by atoms with Crippen molar-refractivity contribution in [2.45, 2.75) is 0 Å². The Kier molecular flexibility index (Phi) is 1.97. The Labute approximate surface area is 85.5 Å². The van der Waals surface area contributed by atoms with E-state index in [4.69, 9.17) is 16.7 Å². The van der Waals surface area contributed by atoms with Gasteiger partial charge in [-0.1, -0.05) is 17.7 Å². The van der Waals surface area contributed by atoms with Gasteiger partial charge in [0.15, 0.2) is 0 Å². The predicted octanol–water partition coefficient (Wildman–Crippen LogP) is 2.53. The number of halogens is 1. The Hall–Kier alpha value is -1.48. The first-order valence-electron chi connectivity index (χ1n) is 4.08. The van der Waals surface area contributed by atoms with Gasteiger partial charge in [0.1, 0.15) is 5.15 Å². The summed E-state index contributed by atoms with van der Waals surface area (Å²) in [7, 11) is 1.80. The van der Waals surface area contributed by atoms with E-state index in [1.54, 1.807) is 29.8 Å². The Balaban J connectivity index is 2.76. The Morgan fingerprint density at radius 3 is 2.79 bits per heavy atom. The number of aryl methyl sites for hydroxylation is 1. The molecule has 0 aliphatic rings. The van der Waals surface area contributed by atoms with E-state index in [1.165, 1.54) is 0 Å². The lowest BCUT2D eigenvalue weighted by Crippen LogP contribution is -1.96. The molecule has 0 radical (unpaired) electrons. The largest absolute Gasteiger partial charge is 0.478 e. The summed E-state index contributed by atoms with van der Waals surface area (Å²) in [5.41, 5.74) is 1.10. The molecule has 0 atom stereocenters. The molecular weight excluding hydrogens is 202 g/mol. The number of nitrogens with zero attached hydrogens (tertiary/aromatic N) is 1. The number of hydrogen-bond donors (Lipinski definition) is 1. The molecule has 72 valence electrons. The molecule has 0 saturated heterocycles. The molecule has 0 saturated carbocycles. The van der Waals surface area contributed by atoms with E-state index in [-0.39, 0.29) is 5.56 Å². The van der Waals surface area contributed by atoms with Gasteiger partial charge in [-0.05, 0) is 18.2 Å². The van der Waals surface area contributed by atoms with Crippen molar-refractivity contribution >= 4 is 28.5 Å². The van der Waals surface area contributed by atoms with Gasteiger partial charge in [0.25, 0.3) is 0 Å². The number of aromatic carboxylic acids is 1. The molecule has 0 aliphatic heterocycles. The van der Waals surface area contributed by atoms with Gasteiger partial charge in [0, 0.05) is 18.0 Å². The number of carbonyl (C=O) groups is 1. The highest BCUT2D eigenvalue weighted by molar-refractivity contribution is 6.31. The molecule has 0 bridgehead atoms. The molecule has 14 heavy (non-hydrogen) atoms. The monoisotopic (exact) mass is 209 g/mol. The van der Waals surface area contributed by atoms with Crippen LogP contribution in [0.5, 0.6) is 0 Å². The molecular formula is C10H8ClNO2. The molecule has 0 fully saturated rings. The van der Waals surface area contributed by atoms with Gasteiger partial charge in [-0.2, -0.15) is 0 Å². The van der Waals surface area contributed by atoms with E-state index >= 15 is 0 Å². The average Bonchev–Trinajstić information content (AvgIpc) is 2.43. The van der Waals surface area contributed by atoms with Crippen LogP contribution in [0.25, 0.3) is 10.9 Å². The third-order valence-electron chi connectivity index (χ3n) is 2.23. The average molecular weight is 210 g/mol. The zero-order chi connectivity index (χ0) is 10.3. The molecule has 0 spiro atoms. The van der Waals surface area contributed by atoms with Crippen LogP contribution in [0, 0.1) is 0 Å². The minimum atomic E-state index is -0.927. The van der Waals surface area contributed by atoms with Crippen LogP contribution in [0.2, 0.25) is 5.15 Å². The van der Waals surface area contributed by atoms with Crippen LogP contribution in [0.3, 0.4) is 0 Å². The topological polar surface area (TPSA) is 42.2 Å². The van der Waals surface area contributed by atoms with Crippen molar-refractivity contribution in [2.24, 2.45) is 7.05 Å². The summed E-state index contributed by atoms with van der Waals surface area (Å²) in [5, 5.41) is 10.3. The molecule has 1 aromatic carbocycles. The molecule has 0 unspecified atom stereocenters. The quantitative estimate of drug-likeness (QED) is 0.784. The minimum absolute atomic E-state index is 0.273. The molecule has 1 heterocycles. The summed E-state index contributed by atoms with van der Waals surface area (Å²) in [5.74, 6) is -0.927. The summed E-state index contributed by atoms with van der Waals surface area (Å²) in [6, 6.07) is 6.75. The third-order valence-corrected chi connectivity index (χ3v) is 2.60. The molecule has 0 aliphatic carbocycles. The van der Waals surface area contributed by atoms with E-state index < -0.39 is 5.97 Å². The molecule has 1 aromatic heterocycles. The van der Waals surface area contributed by atoms with Gasteiger partial charge in [0.05, 0.1) is 5.56 Å². The van der Waals surface area contributed by atoms with Crippen molar-refractivity contribution < 1.29 is 9.90 Å². The normalized spacial score (nSPS) is 10.7. The van der Waals surface area contributed by atoms with E-state index in [0.29, 0.717) is 5.15 Å². The highest BCUT2D eigenvalue weighted by Crippen LogP contribution is 2.23. The Morgan fingerprint density at radius 2 is 2.14 bits per heavy atom. The first-order valence-corrected chi connectivity index (χ1v) is 4.45. The number of rotatable bonds is 1. The smallest absolute Gasteiger partial charge is 0.335 e. The zero-order valence-electron chi connectivity index (χ0n) is 7.49. The molecule has 3 nitrogen and oxygen atoms in total. The Bertz CT molecular complexity index is 516. The molecule has 1 N–H and O–H groups in total. The highest BCUT2D eigenvalue weighted by atomic mass is 35.5. The maximum Gasteiger partial charge on any atom is 0.335 e. The summed E-state index contributed by atoms with van der Waals surface area (Å²) in [4.78, 5) is 10.7. The number of fused-ring (bicyclic) bond motifs is 1. The predicted molar refractivity (Wildman–Crippen MR) is 54.9 cm³/mol. The van der Waals surface area contributed by atoms with E-state index in [9.17, 15) is 4.79 Å². The highest BCUT2D eigenvalue weighted by Gasteiger charge is 2.07. The van der Waals surface area contributed by atoms with Crippen LogP contribution in [0.4, 0.5) is 0 Å². The van der Waals surface area contributed by atoms with Crippen molar-refractivity contribution in [3.63, 3.8) is 0 Å². The van der Waals surface area contributed by atoms with Gasteiger partial charge in [-0.15, -0.1) is 0 Å². The van der Waals surface area contributed by atoms with Crippen molar-refractivity contribution in [3.8, 4) is 0 Å². The van der Waals surface area contributed by atoms with Crippen LogP contribution < -0.4 is 0 Å². The SMILES string of the molecule is Cn1c(Cl)cc2ccc(C(=O)O)cc21. The summed E-state index contributed by atoms with van der Waals surface area (Å²) in [6.45, 7) is 0. The van der Waals surface area contributed by atoms with Gasteiger partial charge < -0.3 is 9.67 Å². The van der Waals surface area contributed by atoms with Crippen molar-refractivity contribution in [1.82, 2.24) is 4.57 Å². The molecule has 2 aromatic rings. The number of carboxylic acid groups (broad SMARTS) is 1. The fourth-order valence-corrected chi connectivity index (χ4v) is 1.64. The standard InChI is InChI=1S/C10H8ClNO2/c1-12-8-4-7(10(13)14)3-2-6(8)5-9(12)11/h2-5H,1H3,(H,13,14). The van der Waals surface area contributed by atoms with E-state index in [1.807, 2.05) is 6.07 Å². The van der Waals surface area contributed by atoms with Gasteiger partial charge in [-0.25, -0.2) is 4.79 Å². The second-order valence-corrected chi connectivity index (χ2v) is 3.49. The maximum atomic E-state index is 10.7. The number of carboxylic acids is 1. The van der Waals surface area contributed by atoms with Crippen molar-refractivity contribution in [2.75, 3.05) is 0 Å². The maximum absolute atomic E-state index is 10.7. The third kappa shape index (κ3) is 1.26. The zero-order valence-corrected chi connectivity index (χ0v) is 8.25. The number of aromatic nitrogens is 1. The fraction of sp³-hybridized carbons (Fsp3) is 0.100. The molecule has 2 rings (SSSR count). The lowest BCUT2D eigenvalue weighted by molar-refractivity contribution is 0.0697. The van der Waals surface area contributed by atoms with Gasteiger partial charge in [0.2, 0.25) is 0 Å². The lowest BCUT2D eigenvalue weighted by atomic mass is 10.2. The van der Waals surface area contributed by atoms with Crippen LogP contribution in [0.1, 0.15) is 10.4 Å².